The summed E-state index contributed by atoms with van der Waals surface area (Å²) in [6.07, 6.45) is 0. The van der Waals surface area contributed by atoms with Crippen LogP contribution in [0.25, 0.3) is 0 Å². The molecule has 1 amide bonds. The van der Waals surface area contributed by atoms with E-state index in [4.69, 9.17) is 15.0 Å². The Morgan fingerprint density at radius 3 is 2.81 bits per heavy atom. The Bertz CT molecular complexity index is 630. The number of amides is 1. The average molecular weight is 289 g/mol. The SMILES string of the molecule is CCOc1cccc(N)c1C(=O)NCc1c(C)noc1C. The number of nitrogens with one attached hydrogen (secondary N) is 1. The zero-order chi connectivity index (χ0) is 15.4. The van der Waals surface area contributed by atoms with E-state index in [1.54, 1.807) is 18.2 Å². The van der Waals surface area contributed by atoms with Crippen molar-refractivity contribution in [2.24, 2.45) is 0 Å². The molecule has 3 N–H and O–H groups in total. The number of benzene rings is 1. The molecular weight excluding hydrogens is 270 g/mol. The topological polar surface area (TPSA) is 90.4 Å². The molecule has 0 saturated heterocycles. The van der Waals surface area contributed by atoms with Gasteiger partial charge in [-0.25, -0.2) is 0 Å². The smallest absolute Gasteiger partial charge is 0.257 e. The van der Waals surface area contributed by atoms with E-state index in [1.807, 2.05) is 20.8 Å². The summed E-state index contributed by atoms with van der Waals surface area (Å²) >= 11 is 0. The third kappa shape index (κ3) is 3.16. The van der Waals surface area contributed by atoms with Crippen LogP contribution in [0.15, 0.2) is 22.7 Å². The Morgan fingerprint density at radius 1 is 1.43 bits per heavy atom. The van der Waals surface area contributed by atoms with Crippen molar-refractivity contribution in [2.75, 3.05) is 12.3 Å². The standard InChI is InChI=1S/C15H19N3O3/c1-4-20-13-7-5-6-12(16)14(13)15(19)17-8-11-9(2)18-21-10(11)3/h5-7H,4,8,16H2,1-3H3,(H,17,19). The van der Waals surface area contributed by atoms with Gasteiger partial charge in [0.2, 0.25) is 0 Å². The predicted molar refractivity (Wildman–Crippen MR) is 79.2 cm³/mol. The van der Waals surface area contributed by atoms with Gasteiger partial charge in [-0.2, -0.15) is 0 Å². The van der Waals surface area contributed by atoms with Gasteiger partial charge in [0.05, 0.1) is 12.3 Å². The molecule has 112 valence electrons. The van der Waals surface area contributed by atoms with E-state index in [0.29, 0.717) is 35.9 Å². The lowest BCUT2D eigenvalue weighted by Gasteiger charge is -2.12. The monoisotopic (exact) mass is 289 g/mol. The first kappa shape index (κ1) is 14.9. The molecular formula is C15H19N3O3. The van der Waals surface area contributed by atoms with Crippen LogP contribution in [0.1, 0.15) is 34.3 Å². The van der Waals surface area contributed by atoms with E-state index in [1.165, 1.54) is 0 Å². The van der Waals surface area contributed by atoms with Crippen molar-refractivity contribution >= 4 is 11.6 Å². The fourth-order valence-corrected chi connectivity index (χ4v) is 2.08. The van der Waals surface area contributed by atoms with Crippen molar-refractivity contribution in [3.8, 4) is 5.75 Å². The maximum atomic E-state index is 12.4. The van der Waals surface area contributed by atoms with E-state index < -0.39 is 0 Å². The van der Waals surface area contributed by atoms with Crippen molar-refractivity contribution in [1.29, 1.82) is 0 Å². The molecule has 0 atom stereocenters. The van der Waals surface area contributed by atoms with Crippen molar-refractivity contribution in [1.82, 2.24) is 10.5 Å². The number of nitrogens with zero attached hydrogens (tertiary/aromatic N) is 1. The second-order valence-electron chi connectivity index (χ2n) is 4.64. The largest absolute Gasteiger partial charge is 0.493 e. The molecule has 1 aromatic heterocycles. The minimum absolute atomic E-state index is 0.281. The molecule has 1 aromatic carbocycles. The van der Waals surface area contributed by atoms with Crippen molar-refractivity contribution in [3.63, 3.8) is 0 Å². The van der Waals surface area contributed by atoms with Gasteiger partial charge < -0.3 is 20.3 Å². The normalized spacial score (nSPS) is 10.4. The summed E-state index contributed by atoms with van der Waals surface area (Å²) in [5.74, 6) is 0.893. The first-order valence-electron chi connectivity index (χ1n) is 6.75. The van der Waals surface area contributed by atoms with Gasteiger partial charge in [0, 0.05) is 17.8 Å². The third-order valence-corrected chi connectivity index (χ3v) is 3.19. The van der Waals surface area contributed by atoms with Gasteiger partial charge in [0.25, 0.3) is 5.91 Å². The second-order valence-corrected chi connectivity index (χ2v) is 4.64. The van der Waals surface area contributed by atoms with Crippen molar-refractivity contribution in [3.05, 3.63) is 40.8 Å². The highest BCUT2D eigenvalue weighted by molar-refractivity contribution is 6.01. The lowest BCUT2D eigenvalue weighted by Crippen LogP contribution is -2.25. The van der Waals surface area contributed by atoms with Crippen LogP contribution in [0.3, 0.4) is 0 Å². The number of carbonyl (C=O) groups excluding carboxylic acids is 1. The first-order valence-corrected chi connectivity index (χ1v) is 6.75. The molecule has 0 saturated carbocycles. The number of hydrogen-bond donors (Lipinski definition) is 2. The van der Waals surface area contributed by atoms with Crippen LogP contribution in [0.2, 0.25) is 0 Å². The van der Waals surface area contributed by atoms with Gasteiger partial charge in [-0.1, -0.05) is 11.2 Å². The first-order chi connectivity index (χ1) is 10.0. The van der Waals surface area contributed by atoms with Gasteiger partial charge in [-0.15, -0.1) is 0 Å². The van der Waals surface area contributed by atoms with Crippen LogP contribution < -0.4 is 15.8 Å². The number of anilines is 1. The Kier molecular flexibility index (Phi) is 4.47. The number of aryl methyl sites for hydroxylation is 2. The summed E-state index contributed by atoms with van der Waals surface area (Å²) in [7, 11) is 0. The minimum Gasteiger partial charge on any atom is -0.493 e. The molecule has 0 spiro atoms. The Balaban J connectivity index is 2.17. The van der Waals surface area contributed by atoms with Crippen LogP contribution in [-0.2, 0) is 6.54 Å². The van der Waals surface area contributed by atoms with Crippen LogP contribution in [0.5, 0.6) is 5.75 Å². The Labute approximate surface area is 123 Å². The van der Waals surface area contributed by atoms with Crippen LogP contribution in [0.4, 0.5) is 5.69 Å². The van der Waals surface area contributed by atoms with Crippen LogP contribution in [-0.4, -0.2) is 17.7 Å². The molecule has 6 nitrogen and oxygen atoms in total. The molecule has 6 heteroatoms. The number of nitrogen functional groups attached to an aromatic ring is 1. The Hall–Kier alpha value is -2.50. The minimum atomic E-state index is -0.281. The maximum Gasteiger partial charge on any atom is 0.257 e. The fraction of sp³-hybridized carbons (Fsp3) is 0.333. The summed E-state index contributed by atoms with van der Waals surface area (Å²) in [4.78, 5) is 12.4. The Morgan fingerprint density at radius 2 is 2.19 bits per heavy atom. The highest BCUT2D eigenvalue weighted by Crippen LogP contribution is 2.24. The van der Waals surface area contributed by atoms with E-state index in [0.717, 1.165) is 11.3 Å². The number of aromatic nitrogens is 1. The summed E-state index contributed by atoms with van der Waals surface area (Å²) < 4.78 is 10.5. The molecule has 2 rings (SSSR count). The third-order valence-electron chi connectivity index (χ3n) is 3.19. The van der Waals surface area contributed by atoms with E-state index in [-0.39, 0.29) is 5.91 Å². The van der Waals surface area contributed by atoms with Gasteiger partial charge in [-0.05, 0) is 32.9 Å². The van der Waals surface area contributed by atoms with Crippen molar-refractivity contribution in [2.45, 2.75) is 27.3 Å². The highest BCUT2D eigenvalue weighted by atomic mass is 16.5. The maximum absolute atomic E-state index is 12.4. The van der Waals surface area contributed by atoms with Crippen molar-refractivity contribution < 1.29 is 14.1 Å². The van der Waals surface area contributed by atoms with Gasteiger partial charge in [0.1, 0.15) is 17.1 Å². The zero-order valence-corrected chi connectivity index (χ0v) is 12.4. The summed E-state index contributed by atoms with van der Waals surface area (Å²) in [5, 5.41) is 6.68. The predicted octanol–water partition coefficient (Wildman–Crippen LogP) is 2.20. The van der Waals surface area contributed by atoms with Gasteiger partial charge in [0.15, 0.2) is 0 Å². The molecule has 0 fully saturated rings. The molecule has 2 aromatic rings. The summed E-state index contributed by atoms with van der Waals surface area (Å²) in [6, 6.07) is 5.16. The number of carbonyl (C=O) groups is 1. The number of rotatable bonds is 5. The van der Waals surface area contributed by atoms with E-state index >= 15 is 0 Å². The number of nitrogens with two attached hydrogens (primary N) is 1. The molecule has 1 heterocycles. The fourth-order valence-electron chi connectivity index (χ4n) is 2.08. The molecule has 0 aliphatic carbocycles. The van der Waals surface area contributed by atoms with E-state index in [2.05, 4.69) is 10.5 Å². The van der Waals surface area contributed by atoms with Crippen LogP contribution >= 0.6 is 0 Å². The van der Waals surface area contributed by atoms with Gasteiger partial charge in [-0.3, -0.25) is 4.79 Å². The van der Waals surface area contributed by atoms with E-state index in [9.17, 15) is 4.79 Å². The summed E-state index contributed by atoms with van der Waals surface area (Å²) in [6.45, 7) is 6.30. The highest BCUT2D eigenvalue weighted by Gasteiger charge is 2.17. The molecule has 0 radical (unpaired) electrons. The average Bonchev–Trinajstić information content (AvgIpc) is 2.76. The quantitative estimate of drug-likeness (QED) is 0.823. The zero-order valence-electron chi connectivity index (χ0n) is 12.4. The second kappa shape index (κ2) is 6.30. The van der Waals surface area contributed by atoms with Crippen LogP contribution in [0, 0.1) is 13.8 Å². The lowest BCUT2D eigenvalue weighted by molar-refractivity contribution is 0.0948. The number of hydrogen-bond acceptors (Lipinski definition) is 5. The molecule has 0 aliphatic rings. The molecule has 0 aliphatic heterocycles. The molecule has 0 bridgehead atoms. The number of ether oxygens (including phenoxy) is 1. The molecule has 21 heavy (non-hydrogen) atoms. The summed E-state index contributed by atoms with van der Waals surface area (Å²) in [5.41, 5.74) is 8.26. The van der Waals surface area contributed by atoms with Gasteiger partial charge >= 0.3 is 0 Å². The molecule has 0 unspecified atom stereocenters. The lowest BCUT2D eigenvalue weighted by atomic mass is 10.1.